The van der Waals surface area contributed by atoms with Crippen LogP contribution in [-0.2, 0) is 33.1 Å². The maximum Gasteiger partial charge on any atom is 0.339 e. The minimum atomic E-state index is -0.491. The van der Waals surface area contributed by atoms with Crippen LogP contribution in [0.2, 0.25) is 0 Å². The molecule has 0 N–H and O–H groups in total. The van der Waals surface area contributed by atoms with Crippen LogP contribution < -0.4 is 0 Å². The van der Waals surface area contributed by atoms with Gasteiger partial charge in [-0.2, -0.15) is 0 Å². The van der Waals surface area contributed by atoms with Crippen LogP contribution in [0, 0.1) is 0 Å². The minimum absolute atomic E-state index is 0.330. The summed E-state index contributed by atoms with van der Waals surface area (Å²) in [4.78, 5) is 27.2. The molecule has 3 aromatic rings. The quantitative estimate of drug-likeness (QED) is 0.242. The van der Waals surface area contributed by atoms with E-state index in [0.717, 1.165) is 22.3 Å². The summed E-state index contributed by atoms with van der Waals surface area (Å²) in [5.41, 5.74) is 9.48. The first kappa shape index (κ1) is 29.8. The molecule has 0 fully saturated rings. The molecule has 40 heavy (non-hydrogen) atoms. The molecule has 0 atom stereocenters. The van der Waals surface area contributed by atoms with Gasteiger partial charge >= 0.3 is 11.9 Å². The average Bonchev–Trinajstić information content (AvgIpc) is 2.86. The number of fused-ring (bicyclic) bond motifs is 3. The first-order chi connectivity index (χ1) is 18.6. The predicted octanol–water partition coefficient (Wildman–Crippen LogP) is 8.75. The lowest BCUT2D eigenvalue weighted by Gasteiger charge is -2.39. The molecule has 0 saturated carbocycles. The van der Waals surface area contributed by atoms with E-state index in [-0.39, 0.29) is 0 Å². The van der Waals surface area contributed by atoms with E-state index >= 15 is 0 Å². The molecule has 0 aromatic heterocycles. The van der Waals surface area contributed by atoms with E-state index in [1.54, 1.807) is 0 Å². The van der Waals surface area contributed by atoms with Gasteiger partial charge in [0.1, 0.15) is 0 Å². The Morgan fingerprint density at radius 1 is 0.625 bits per heavy atom. The van der Waals surface area contributed by atoms with Crippen molar-refractivity contribution in [2.45, 2.75) is 105 Å². The zero-order valence-corrected chi connectivity index (χ0v) is 26.5. The Morgan fingerprint density at radius 3 is 1.20 bits per heavy atom. The summed E-state index contributed by atoms with van der Waals surface area (Å²) >= 11 is 0. The summed E-state index contributed by atoms with van der Waals surface area (Å²) in [6, 6.07) is 8.80. The zero-order valence-electron chi connectivity index (χ0n) is 26.5. The molecule has 4 rings (SSSR count). The molecular formula is C36H46O4. The Hall–Kier alpha value is -3.14. The van der Waals surface area contributed by atoms with E-state index in [4.69, 9.17) is 9.47 Å². The smallest absolute Gasteiger partial charge is 0.339 e. The van der Waals surface area contributed by atoms with Gasteiger partial charge in [-0.05, 0) is 90.8 Å². The van der Waals surface area contributed by atoms with Gasteiger partial charge in [0.05, 0.1) is 25.3 Å². The third-order valence-corrected chi connectivity index (χ3v) is 8.38. The van der Waals surface area contributed by atoms with Crippen molar-refractivity contribution in [2.75, 3.05) is 14.2 Å². The molecular weight excluding hydrogens is 496 g/mol. The second-order valence-electron chi connectivity index (χ2n) is 13.9. The van der Waals surface area contributed by atoms with Crippen LogP contribution in [-0.4, -0.2) is 26.2 Å². The molecule has 3 aromatic carbocycles. The van der Waals surface area contributed by atoms with E-state index in [0.29, 0.717) is 35.8 Å². The number of hydrogen-bond donors (Lipinski definition) is 0. The second-order valence-corrected chi connectivity index (χ2v) is 13.9. The van der Waals surface area contributed by atoms with Crippen molar-refractivity contribution in [1.29, 1.82) is 0 Å². The summed E-state index contributed by atoms with van der Waals surface area (Å²) in [6.45, 7) is 21.8. The highest BCUT2D eigenvalue weighted by Gasteiger charge is 2.41. The number of ether oxygens (including phenoxy) is 2. The number of esters is 2. The fourth-order valence-electron chi connectivity index (χ4n) is 7.19. The summed E-state index contributed by atoms with van der Waals surface area (Å²) in [6.07, 6.45) is 1.42. The zero-order chi connectivity index (χ0) is 29.9. The number of hydrogen-bond acceptors (Lipinski definition) is 4. The third-order valence-electron chi connectivity index (χ3n) is 8.38. The topological polar surface area (TPSA) is 52.6 Å². The molecule has 4 nitrogen and oxygen atoms in total. The van der Waals surface area contributed by atoms with E-state index in [9.17, 15) is 9.59 Å². The van der Waals surface area contributed by atoms with Crippen molar-refractivity contribution < 1.29 is 19.1 Å². The Bertz CT molecular complexity index is 1390. The fraction of sp³-hybridized carbons (Fsp3) is 0.500. The van der Waals surface area contributed by atoms with Gasteiger partial charge in [-0.3, -0.25) is 0 Å². The Balaban J connectivity index is 2.30. The Kier molecular flexibility index (Phi) is 7.73. The van der Waals surface area contributed by atoms with Gasteiger partial charge in [-0.25, -0.2) is 9.59 Å². The molecule has 0 radical (unpaired) electrons. The summed E-state index contributed by atoms with van der Waals surface area (Å²) in [5, 5.41) is 2.63. The second kappa shape index (κ2) is 10.4. The van der Waals surface area contributed by atoms with Crippen molar-refractivity contribution in [3.8, 4) is 0 Å². The van der Waals surface area contributed by atoms with Crippen LogP contribution in [0.5, 0.6) is 0 Å². The standard InChI is InChI=1S/C36H46O4/c1-19(2)27-21-15-13-14-16-22(21)28(20(3)4)24-18-26-25(17-23(24)27)31(35(5,6)7)29(33(37)39-11)30(34(38)40-12)32(26)36(8,9)10/h13-16,19-20H,17-18H2,1-12H3. The van der Waals surface area contributed by atoms with Gasteiger partial charge in [0.25, 0.3) is 0 Å². The van der Waals surface area contributed by atoms with Crippen molar-refractivity contribution in [2.24, 2.45) is 0 Å². The van der Waals surface area contributed by atoms with E-state index in [1.807, 2.05) is 0 Å². The number of rotatable bonds is 4. The van der Waals surface area contributed by atoms with Crippen molar-refractivity contribution in [3.05, 3.63) is 79.9 Å². The fourth-order valence-corrected chi connectivity index (χ4v) is 7.19. The van der Waals surface area contributed by atoms with Crippen LogP contribution in [0.15, 0.2) is 24.3 Å². The summed E-state index contributed by atoms with van der Waals surface area (Å²) < 4.78 is 10.7. The Labute approximate surface area is 240 Å². The number of benzene rings is 3. The molecule has 0 saturated heterocycles. The summed E-state index contributed by atoms with van der Waals surface area (Å²) in [7, 11) is 2.78. The molecule has 4 heteroatoms. The summed E-state index contributed by atoms with van der Waals surface area (Å²) in [5.74, 6) is -0.322. The highest BCUT2D eigenvalue weighted by Crippen LogP contribution is 2.49. The lowest BCUT2D eigenvalue weighted by molar-refractivity contribution is 0.0550. The van der Waals surface area contributed by atoms with Gasteiger partial charge in [0.15, 0.2) is 0 Å². The number of methoxy groups -OCH3 is 2. The molecule has 1 aliphatic rings. The first-order valence-corrected chi connectivity index (χ1v) is 14.5. The average molecular weight is 543 g/mol. The molecule has 1 aliphatic carbocycles. The molecule has 0 spiro atoms. The van der Waals surface area contributed by atoms with Crippen molar-refractivity contribution in [1.82, 2.24) is 0 Å². The van der Waals surface area contributed by atoms with Crippen LogP contribution in [0.25, 0.3) is 10.8 Å². The molecule has 0 amide bonds. The highest BCUT2D eigenvalue weighted by atomic mass is 16.5. The number of carbonyl (C=O) groups is 2. The lowest BCUT2D eigenvalue weighted by atomic mass is 9.65. The van der Waals surface area contributed by atoms with Crippen LogP contribution in [0.3, 0.4) is 0 Å². The largest absolute Gasteiger partial charge is 0.465 e. The third kappa shape index (κ3) is 4.74. The molecule has 0 aliphatic heterocycles. The van der Waals surface area contributed by atoms with Gasteiger partial charge in [-0.1, -0.05) is 93.5 Å². The van der Waals surface area contributed by atoms with Crippen LogP contribution >= 0.6 is 0 Å². The Morgan fingerprint density at radius 2 is 0.950 bits per heavy atom. The molecule has 214 valence electrons. The number of carbonyl (C=O) groups excluding carboxylic acids is 2. The maximum absolute atomic E-state index is 13.6. The molecule has 0 heterocycles. The SMILES string of the molecule is COC(=O)c1c(C(=O)OC)c(C(C)(C)C)c2c(c1C(C)(C)C)Cc1c(c(C(C)C)c3ccccc3c1C(C)C)C2. The molecule has 0 bridgehead atoms. The normalized spacial score (nSPS) is 13.4. The van der Waals surface area contributed by atoms with Crippen molar-refractivity contribution >= 4 is 22.7 Å². The van der Waals surface area contributed by atoms with E-state index in [1.165, 1.54) is 47.2 Å². The van der Waals surface area contributed by atoms with Crippen LogP contribution in [0.4, 0.5) is 0 Å². The van der Waals surface area contributed by atoms with Gasteiger partial charge < -0.3 is 9.47 Å². The van der Waals surface area contributed by atoms with E-state index in [2.05, 4.69) is 93.5 Å². The highest BCUT2D eigenvalue weighted by molar-refractivity contribution is 6.07. The predicted molar refractivity (Wildman–Crippen MR) is 164 cm³/mol. The molecule has 0 unspecified atom stereocenters. The maximum atomic E-state index is 13.6. The first-order valence-electron chi connectivity index (χ1n) is 14.5. The van der Waals surface area contributed by atoms with Gasteiger partial charge in [-0.15, -0.1) is 0 Å². The lowest BCUT2D eigenvalue weighted by Crippen LogP contribution is -2.32. The van der Waals surface area contributed by atoms with Gasteiger partial charge in [0, 0.05) is 0 Å². The van der Waals surface area contributed by atoms with E-state index < -0.39 is 22.8 Å². The minimum Gasteiger partial charge on any atom is -0.465 e. The van der Waals surface area contributed by atoms with Crippen LogP contribution in [0.1, 0.15) is 146 Å². The van der Waals surface area contributed by atoms with Crippen molar-refractivity contribution in [3.63, 3.8) is 0 Å². The van der Waals surface area contributed by atoms with Gasteiger partial charge in [0.2, 0.25) is 0 Å². The monoisotopic (exact) mass is 542 g/mol.